The number of rotatable bonds is 5. The van der Waals surface area contributed by atoms with Gasteiger partial charge in [-0.3, -0.25) is 4.99 Å². The van der Waals surface area contributed by atoms with Gasteiger partial charge in [-0.05, 0) is 12.5 Å². The lowest BCUT2D eigenvalue weighted by Gasteiger charge is -2.21. The predicted octanol–water partition coefficient (Wildman–Crippen LogP) is 2.23. The molecule has 1 N–H and O–H groups in total. The van der Waals surface area contributed by atoms with Crippen LogP contribution in [-0.4, -0.2) is 34.5 Å². The van der Waals surface area contributed by atoms with E-state index in [9.17, 15) is 5.11 Å². The van der Waals surface area contributed by atoms with Gasteiger partial charge in [0, 0.05) is 19.5 Å². The minimum absolute atomic E-state index is 0.0105. The summed E-state index contributed by atoms with van der Waals surface area (Å²) in [6.07, 6.45) is 2.22. The highest BCUT2D eigenvalue weighted by atomic mass is 16.3. The Hall–Kier alpha value is -1.61. The number of aliphatic imine (C=N–C) groups is 1. The van der Waals surface area contributed by atoms with E-state index < -0.39 is 6.10 Å². The fraction of sp³-hybridized carbons (Fsp3) is 0.400. The van der Waals surface area contributed by atoms with E-state index in [4.69, 9.17) is 0 Å². The minimum atomic E-state index is -0.398. The van der Waals surface area contributed by atoms with Crippen molar-refractivity contribution in [3.63, 3.8) is 0 Å². The van der Waals surface area contributed by atoms with E-state index in [2.05, 4.69) is 28.6 Å². The van der Waals surface area contributed by atoms with E-state index in [0.29, 0.717) is 0 Å². The van der Waals surface area contributed by atoms with Crippen LogP contribution in [0.3, 0.4) is 0 Å². The van der Waals surface area contributed by atoms with Crippen molar-refractivity contribution in [2.75, 3.05) is 6.54 Å². The standard InChI is InChI=1S/C15H20N2O/c1-3-7-15-16-14(12(2)18)11-17(15)10-13-8-5-4-6-9-13/h3-6,8-9,12,14,18H,1,7,10-11H2,2H3. The molecule has 2 unspecified atom stereocenters. The van der Waals surface area contributed by atoms with Crippen molar-refractivity contribution in [1.82, 2.24) is 4.90 Å². The van der Waals surface area contributed by atoms with E-state index in [1.807, 2.05) is 24.3 Å². The van der Waals surface area contributed by atoms with Crippen LogP contribution in [0.4, 0.5) is 0 Å². The fourth-order valence-electron chi connectivity index (χ4n) is 2.18. The summed E-state index contributed by atoms with van der Waals surface area (Å²) < 4.78 is 0. The molecule has 0 bridgehead atoms. The van der Waals surface area contributed by atoms with Gasteiger partial charge in [0.25, 0.3) is 0 Å². The molecule has 2 atom stereocenters. The maximum atomic E-state index is 9.66. The van der Waals surface area contributed by atoms with Gasteiger partial charge in [0.05, 0.1) is 12.1 Å². The van der Waals surface area contributed by atoms with Gasteiger partial charge in [0.15, 0.2) is 0 Å². The molecular weight excluding hydrogens is 224 g/mol. The molecule has 1 heterocycles. The van der Waals surface area contributed by atoms with Crippen molar-refractivity contribution in [3.8, 4) is 0 Å². The third-order valence-corrected chi connectivity index (χ3v) is 3.19. The highest BCUT2D eigenvalue weighted by Crippen LogP contribution is 2.17. The van der Waals surface area contributed by atoms with E-state index >= 15 is 0 Å². The Balaban J connectivity index is 2.08. The van der Waals surface area contributed by atoms with Gasteiger partial charge in [-0.15, -0.1) is 6.58 Å². The number of benzene rings is 1. The third-order valence-electron chi connectivity index (χ3n) is 3.19. The molecule has 1 aliphatic heterocycles. The largest absolute Gasteiger partial charge is 0.391 e. The van der Waals surface area contributed by atoms with Crippen molar-refractivity contribution < 1.29 is 5.11 Å². The predicted molar refractivity (Wildman–Crippen MR) is 74.6 cm³/mol. The molecule has 0 saturated carbocycles. The zero-order valence-corrected chi connectivity index (χ0v) is 10.8. The van der Waals surface area contributed by atoms with Gasteiger partial charge in [-0.2, -0.15) is 0 Å². The number of aliphatic hydroxyl groups excluding tert-OH is 1. The molecule has 0 aromatic heterocycles. The summed E-state index contributed by atoms with van der Waals surface area (Å²) in [7, 11) is 0. The number of hydrogen-bond donors (Lipinski definition) is 1. The average molecular weight is 244 g/mol. The molecule has 3 nitrogen and oxygen atoms in total. The molecule has 0 fully saturated rings. The molecule has 18 heavy (non-hydrogen) atoms. The summed E-state index contributed by atoms with van der Waals surface area (Å²) in [6, 6.07) is 10.3. The molecular formula is C15H20N2O. The highest BCUT2D eigenvalue weighted by Gasteiger charge is 2.27. The zero-order valence-electron chi connectivity index (χ0n) is 10.8. The second kappa shape index (κ2) is 5.83. The van der Waals surface area contributed by atoms with Crippen LogP contribution in [0, 0.1) is 0 Å². The molecule has 0 amide bonds. The minimum Gasteiger partial charge on any atom is -0.391 e. The van der Waals surface area contributed by atoms with E-state index in [-0.39, 0.29) is 6.04 Å². The van der Waals surface area contributed by atoms with Crippen LogP contribution in [0.15, 0.2) is 48.0 Å². The van der Waals surface area contributed by atoms with Gasteiger partial charge in [0.1, 0.15) is 5.84 Å². The number of amidine groups is 1. The van der Waals surface area contributed by atoms with Gasteiger partial charge in [0.2, 0.25) is 0 Å². The Kier molecular flexibility index (Phi) is 4.15. The first-order valence-corrected chi connectivity index (χ1v) is 6.35. The van der Waals surface area contributed by atoms with Crippen molar-refractivity contribution in [2.45, 2.75) is 32.0 Å². The Labute approximate surface area is 108 Å². The van der Waals surface area contributed by atoms with Crippen LogP contribution in [0.2, 0.25) is 0 Å². The zero-order chi connectivity index (χ0) is 13.0. The first-order chi connectivity index (χ1) is 8.70. The normalized spacial score (nSPS) is 20.7. The molecule has 1 aliphatic rings. The summed E-state index contributed by atoms with van der Waals surface area (Å²) in [4.78, 5) is 6.81. The SMILES string of the molecule is C=CCC1=NC(C(C)O)CN1Cc1ccccc1. The molecule has 96 valence electrons. The molecule has 1 aromatic carbocycles. The lowest BCUT2D eigenvalue weighted by Crippen LogP contribution is -2.31. The molecule has 1 aromatic rings. The Morgan fingerprint density at radius 2 is 2.22 bits per heavy atom. The maximum absolute atomic E-state index is 9.66. The summed E-state index contributed by atoms with van der Waals surface area (Å²) >= 11 is 0. The second-order valence-corrected chi connectivity index (χ2v) is 4.71. The summed E-state index contributed by atoms with van der Waals surface area (Å²) in [5.41, 5.74) is 1.26. The van der Waals surface area contributed by atoms with E-state index in [1.165, 1.54) is 5.56 Å². The lowest BCUT2D eigenvalue weighted by atomic mass is 10.1. The van der Waals surface area contributed by atoms with Crippen LogP contribution in [-0.2, 0) is 6.54 Å². The first kappa shape index (κ1) is 12.8. The average Bonchev–Trinajstić information content (AvgIpc) is 2.75. The fourth-order valence-corrected chi connectivity index (χ4v) is 2.18. The summed E-state index contributed by atoms with van der Waals surface area (Å²) in [5.74, 6) is 1.03. The smallest absolute Gasteiger partial charge is 0.104 e. The Bertz CT molecular complexity index is 425. The summed E-state index contributed by atoms with van der Waals surface area (Å²) in [6.45, 7) is 7.19. The van der Waals surface area contributed by atoms with E-state index in [1.54, 1.807) is 6.92 Å². The van der Waals surface area contributed by atoms with Gasteiger partial charge >= 0.3 is 0 Å². The monoisotopic (exact) mass is 244 g/mol. The molecule has 2 rings (SSSR count). The number of hydrogen-bond acceptors (Lipinski definition) is 3. The first-order valence-electron chi connectivity index (χ1n) is 6.35. The number of aliphatic hydroxyl groups is 1. The highest BCUT2D eigenvalue weighted by molar-refractivity contribution is 5.85. The number of nitrogens with zero attached hydrogens (tertiary/aromatic N) is 2. The van der Waals surface area contributed by atoms with Crippen LogP contribution in [0.5, 0.6) is 0 Å². The van der Waals surface area contributed by atoms with Crippen LogP contribution in [0.25, 0.3) is 0 Å². The topological polar surface area (TPSA) is 35.8 Å². The Morgan fingerprint density at radius 1 is 1.50 bits per heavy atom. The lowest BCUT2D eigenvalue weighted by molar-refractivity contribution is 0.159. The van der Waals surface area contributed by atoms with Crippen molar-refractivity contribution in [2.24, 2.45) is 4.99 Å². The van der Waals surface area contributed by atoms with Gasteiger partial charge < -0.3 is 10.0 Å². The van der Waals surface area contributed by atoms with Gasteiger partial charge in [-0.25, -0.2) is 0 Å². The van der Waals surface area contributed by atoms with Gasteiger partial charge in [-0.1, -0.05) is 36.4 Å². The molecule has 0 spiro atoms. The molecule has 0 aliphatic carbocycles. The van der Waals surface area contributed by atoms with Crippen molar-refractivity contribution in [3.05, 3.63) is 48.6 Å². The van der Waals surface area contributed by atoms with Crippen LogP contribution in [0.1, 0.15) is 18.9 Å². The van der Waals surface area contributed by atoms with Crippen LogP contribution >= 0.6 is 0 Å². The van der Waals surface area contributed by atoms with Crippen molar-refractivity contribution >= 4 is 5.84 Å². The molecule has 0 radical (unpaired) electrons. The molecule has 0 saturated heterocycles. The quantitative estimate of drug-likeness (QED) is 0.806. The Morgan fingerprint density at radius 3 is 2.83 bits per heavy atom. The van der Waals surface area contributed by atoms with Crippen LogP contribution < -0.4 is 0 Å². The molecule has 3 heteroatoms. The van der Waals surface area contributed by atoms with Crippen molar-refractivity contribution in [1.29, 1.82) is 0 Å². The second-order valence-electron chi connectivity index (χ2n) is 4.71. The maximum Gasteiger partial charge on any atom is 0.104 e. The third kappa shape index (κ3) is 2.99. The summed E-state index contributed by atoms with van der Waals surface area (Å²) in [5, 5.41) is 9.66. The van der Waals surface area contributed by atoms with E-state index in [0.717, 1.165) is 25.3 Å².